The van der Waals surface area contributed by atoms with E-state index in [1.807, 2.05) is 0 Å². The lowest BCUT2D eigenvalue weighted by molar-refractivity contribution is -0.178. The van der Waals surface area contributed by atoms with Crippen molar-refractivity contribution in [1.82, 2.24) is 9.80 Å². The van der Waals surface area contributed by atoms with Crippen molar-refractivity contribution < 1.29 is 32.2 Å². The number of hydrogen-bond donors (Lipinski definition) is 0. The first kappa shape index (κ1) is 18.8. The SMILES string of the molecule is COC(=O)[C@@H]1CCN(C(=O)OC)[C@H](CN2CCC[C@H]2C(F)(F)F)C1. The van der Waals surface area contributed by atoms with Crippen LogP contribution in [0.25, 0.3) is 0 Å². The number of ether oxygens (including phenoxy) is 2. The predicted molar refractivity (Wildman–Crippen MR) is 78.3 cm³/mol. The van der Waals surface area contributed by atoms with Gasteiger partial charge in [0.2, 0.25) is 0 Å². The van der Waals surface area contributed by atoms with Crippen LogP contribution in [-0.2, 0) is 14.3 Å². The number of likely N-dealkylation sites (tertiary alicyclic amines) is 2. The zero-order valence-electron chi connectivity index (χ0n) is 13.8. The van der Waals surface area contributed by atoms with E-state index in [1.165, 1.54) is 24.0 Å². The summed E-state index contributed by atoms with van der Waals surface area (Å²) in [6, 6.07) is -1.99. The first-order valence-electron chi connectivity index (χ1n) is 8.01. The van der Waals surface area contributed by atoms with Crippen LogP contribution in [0.5, 0.6) is 0 Å². The monoisotopic (exact) mass is 352 g/mol. The molecule has 138 valence electrons. The van der Waals surface area contributed by atoms with Crippen molar-refractivity contribution in [3.05, 3.63) is 0 Å². The van der Waals surface area contributed by atoms with E-state index in [0.29, 0.717) is 19.4 Å². The van der Waals surface area contributed by atoms with E-state index < -0.39 is 36.2 Å². The molecule has 1 amide bonds. The molecule has 2 heterocycles. The lowest BCUT2D eigenvalue weighted by atomic mass is 9.90. The molecule has 0 bridgehead atoms. The molecule has 0 radical (unpaired) electrons. The van der Waals surface area contributed by atoms with Crippen LogP contribution >= 0.6 is 0 Å². The van der Waals surface area contributed by atoms with E-state index in [9.17, 15) is 22.8 Å². The fraction of sp³-hybridized carbons (Fsp3) is 0.867. The maximum Gasteiger partial charge on any atom is 0.409 e. The van der Waals surface area contributed by atoms with Gasteiger partial charge in [-0.1, -0.05) is 0 Å². The third-order valence-electron chi connectivity index (χ3n) is 4.85. The number of carbonyl (C=O) groups is 2. The molecule has 0 spiro atoms. The average molecular weight is 352 g/mol. The van der Waals surface area contributed by atoms with Crippen LogP contribution in [0.15, 0.2) is 0 Å². The number of halogens is 3. The molecule has 0 aromatic carbocycles. The molecular formula is C15H23F3N2O4. The minimum atomic E-state index is -4.29. The third kappa shape index (κ3) is 4.12. The molecule has 6 nitrogen and oxygen atoms in total. The van der Waals surface area contributed by atoms with E-state index in [-0.39, 0.29) is 25.9 Å². The Balaban J connectivity index is 2.11. The van der Waals surface area contributed by atoms with E-state index in [2.05, 4.69) is 0 Å². The third-order valence-corrected chi connectivity index (χ3v) is 4.85. The van der Waals surface area contributed by atoms with Gasteiger partial charge in [-0.3, -0.25) is 9.69 Å². The summed E-state index contributed by atoms with van der Waals surface area (Å²) in [5, 5.41) is 0. The molecule has 2 saturated heterocycles. The van der Waals surface area contributed by atoms with Gasteiger partial charge < -0.3 is 14.4 Å². The second-order valence-electron chi connectivity index (χ2n) is 6.26. The zero-order valence-corrected chi connectivity index (χ0v) is 13.8. The molecule has 2 aliphatic heterocycles. The highest BCUT2D eigenvalue weighted by Crippen LogP contribution is 2.34. The molecular weight excluding hydrogens is 329 g/mol. The second kappa shape index (κ2) is 7.58. The lowest BCUT2D eigenvalue weighted by Gasteiger charge is -2.40. The highest BCUT2D eigenvalue weighted by atomic mass is 19.4. The Kier molecular flexibility index (Phi) is 5.95. The number of piperidine rings is 1. The highest BCUT2D eigenvalue weighted by Gasteiger charge is 2.47. The Bertz CT molecular complexity index is 472. The largest absolute Gasteiger partial charge is 0.469 e. The van der Waals surface area contributed by atoms with Gasteiger partial charge in [0.15, 0.2) is 0 Å². The zero-order chi connectivity index (χ0) is 17.9. The molecule has 0 aromatic heterocycles. The van der Waals surface area contributed by atoms with Crippen molar-refractivity contribution >= 4 is 12.1 Å². The molecule has 0 saturated carbocycles. The van der Waals surface area contributed by atoms with Gasteiger partial charge >= 0.3 is 18.2 Å². The molecule has 0 aliphatic carbocycles. The average Bonchev–Trinajstić information content (AvgIpc) is 3.01. The molecule has 9 heteroatoms. The number of amides is 1. The van der Waals surface area contributed by atoms with Gasteiger partial charge in [-0.05, 0) is 32.2 Å². The predicted octanol–water partition coefficient (Wildman–Crippen LogP) is 2.03. The smallest absolute Gasteiger partial charge is 0.409 e. The Hall–Kier alpha value is -1.51. The molecule has 3 atom stereocenters. The van der Waals surface area contributed by atoms with Crippen LogP contribution in [0, 0.1) is 5.92 Å². The van der Waals surface area contributed by atoms with E-state index in [0.717, 1.165) is 0 Å². The summed E-state index contributed by atoms with van der Waals surface area (Å²) in [4.78, 5) is 26.5. The van der Waals surface area contributed by atoms with Crippen LogP contribution < -0.4 is 0 Å². The quantitative estimate of drug-likeness (QED) is 0.728. The standard InChI is InChI=1S/C15H23F3N2O4/c1-23-13(21)10-5-7-20(14(22)24-2)11(8-10)9-19-6-3-4-12(19)15(16,17)18/h10-12H,3-9H2,1-2H3/t10-,11+,12+/m1/s1. The molecule has 0 aromatic rings. The molecule has 0 N–H and O–H groups in total. The van der Waals surface area contributed by atoms with E-state index >= 15 is 0 Å². The van der Waals surface area contributed by atoms with Gasteiger partial charge in [-0.15, -0.1) is 0 Å². The van der Waals surface area contributed by atoms with Crippen molar-refractivity contribution in [3.8, 4) is 0 Å². The lowest BCUT2D eigenvalue weighted by Crippen LogP contribution is -2.54. The number of rotatable bonds is 3. The summed E-state index contributed by atoms with van der Waals surface area (Å²) < 4.78 is 48.8. The second-order valence-corrected chi connectivity index (χ2v) is 6.26. The Morgan fingerprint density at radius 1 is 1.12 bits per heavy atom. The Morgan fingerprint density at radius 2 is 1.83 bits per heavy atom. The van der Waals surface area contributed by atoms with E-state index in [4.69, 9.17) is 9.47 Å². The van der Waals surface area contributed by atoms with Crippen LogP contribution in [0.4, 0.5) is 18.0 Å². The maximum atomic E-state index is 13.1. The van der Waals surface area contributed by atoms with Gasteiger partial charge in [0, 0.05) is 19.1 Å². The minimum Gasteiger partial charge on any atom is -0.469 e. The number of methoxy groups -OCH3 is 2. The van der Waals surface area contributed by atoms with Gasteiger partial charge in [0.1, 0.15) is 6.04 Å². The van der Waals surface area contributed by atoms with Crippen molar-refractivity contribution in [3.63, 3.8) is 0 Å². The highest BCUT2D eigenvalue weighted by molar-refractivity contribution is 5.73. The summed E-state index contributed by atoms with van der Waals surface area (Å²) in [7, 11) is 2.52. The molecule has 2 rings (SSSR count). The fourth-order valence-corrected chi connectivity index (χ4v) is 3.65. The molecule has 2 aliphatic rings. The number of carbonyl (C=O) groups excluding carboxylic acids is 2. The molecule has 0 unspecified atom stereocenters. The number of alkyl halides is 3. The summed E-state index contributed by atoms with van der Waals surface area (Å²) in [5.74, 6) is -0.800. The first-order valence-corrected chi connectivity index (χ1v) is 8.01. The van der Waals surface area contributed by atoms with Gasteiger partial charge in [0.25, 0.3) is 0 Å². The number of hydrogen-bond acceptors (Lipinski definition) is 5. The van der Waals surface area contributed by atoms with Crippen LogP contribution in [-0.4, -0.2) is 74.0 Å². The normalized spacial score (nSPS) is 28.7. The van der Waals surface area contributed by atoms with Crippen molar-refractivity contribution in [1.29, 1.82) is 0 Å². The van der Waals surface area contributed by atoms with Crippen molar-refractivity contribution in [2.24, 2.45) is 5.92 Å². The summed E-state index contributed by atoms with van der Waals surface area (Å²) in [6.07, 6.45) is -3.64. The summed E-state index contributed by atoms with van der Waals surface area (Å²) in [6.45, 7) is 0.674. The van der Waals surface area contributed by atoms with Crippen LogP contribution in [0.3, 0.4) is 0 Å². The number of nitrogens with zero attached hydrogens (tertiary/aromatic N) is 2. The Morgan fingerprint density at radius 3 is 2.42 bits per heavy atom. The number of esters is 1. The topological polar surface area (TPSA) is 59.1 Å². The van der Waals surface area contributed by atoms with Crippen LogP contribution in [0.2, 0.25) is 0 Å². The summed E-state index contributed by atoms with van der Waals surface area (Å²) >= 11 is 0. The summed E-state index contributed by atoms with van der Waals surface area (Å²) in [5.41, 5.74) is 0. The van der Waals surface area contributed by atoms with E-state index in [1.54, 1.807) is 0 Å². The van der Waals surface area contributed by atoms with Gasteiger partial charge in [-0.25, -0.2) is 4.79 Å². The minimum absolute atomic E-state index is 0.0644. The van der Waals surface area contributed by atoms with Crippen molar-refractivity contribution in [2.75, 3.05) is 33.9 Å². The Labute approximate surface area is 138 Å². The molecule has 24 heavy (non-hydrogen) atoms. The first-order chi connectivity index (χ1) is 11.3. The fourth-order valence-electron chi connectivity index (χ4n) is 3.65. The molecule has 2 fully saturated rings. The maximum absolute atomic E-state index is 13.1. The van der Waals surface area contributed by atoms with Gasteiger partial charge in [-0.2, -0.15) is 13.2 Å². The van der Waals surface area contributed by atoms with Crippen molar-refractivity contribution in [2.45, 2.75) is 43.9 Å². The van der Waals surface area contributed by atoms with Crippen LogP contribution in [0.1, 0.15) is 25.7 Å². The van der Waals surface area contributed by atoms with Gasteiger partial charge in [0.05, 0.1) is 20.1 Å².